The summed E-state index contributed by atoms with van der Waals surface area (Å²) in [6.07, 6.45) is 3.32. The molecule has 6 nitrogen and oxygen atoms in total. The summed E-state index contributed by atoms with van der Waals surface area (Å²) in [6, 6.07) is 16.1. The Kier molecular flexibility index (Phi) is 9.14. The molecule has 3 aromatic carbocycles. The van der Waals surface area contributed by atoms with E-state index in [4.69, 9.17) is 15.2 Å². The van der Waals surface area contributed by atoms with Gasteiger partial charge in [0.2, 0.25) is 5.91 Å². The topological polar surface area (TPSA) is 90.7 Å². The van der Waals surface area contributed by atoms with Crippen LogP contribution in [0.1, 0.15) is 38.7 Å². The summed E-state index contributed by atoms with van der Waals surface area (Å²) in [5, 5.41) is 2.40. The first-order valence-electron chi connectivity index (χ1n) is 11.1. The minimum absolute atomic E-state index is 0.178. The number of para-hydroxylation sites is 1. The number of ketones is 1. The fourth-order valence-corrected chi connectivity index (χ4v) is 4.53. The molecule has 0 saturated carbocycles. The van der Waals surface area contributed by atoms with Gasteiger partial charge in [-0.05, 0) is 72.7 Å². The number of carbonyl (C=O) groups is 2. The Morgan fingerprint density at radius 3 is 2.40 bits per heavy atom. The molecule has 1 amide bonds. The Morgan fingerprint density at radius 1 is 1.03 bits per heavy atom. The van der Waals surface area contributed by atoms with Gasteiger partial charge in [0, 0.05) is 23.4 Å². The maximum Gasteiger partial charge on any atom is 0.237 e. The van der Waals surface area contributed by atoms with Crippen LogP contribution in [0.4, 0.5) is 10.1 Å². The monoisotopic (exact) mass is 496 g/mol. The fraction of sp³-hybridized carbons (Fsp3) is 0.259. The number of benzene rings is 3. The van der Waals surface area contributed by atoms with Crippen molar-refractivity contribution in [1.82, 2.24) is 5.32 Å². The van der Waals surface area contributed by atoms with E-state index in [2.05, 4.69) is 5.32 Å². The number of thioether (sulfide) groups is 1. The van der Waals surface area contributed by atoms with Crippen molar-refractivity contribution in [3.8, 4) is 11.5 Å². The van der Waals surface area contributed by atoms with Crippen LogP contribution in [0.3, 0.4) is 0 Å². The number of carbonyl (C=O) groups excluding carboxylic acids is 2. The quantitative estimate of drug-likeness (QED) is 0.225. The molecule has 0 aromatic heterocycles. The Hall–Kier alpha value is -3.52. The highest BCUT2D eigenvalue weighted by Gasteiger charge is 2.24. The van der Waals surface area contributed by atoms with Gasteiger partial charge in [-0.25, -0.2) is 4.39 Å². The standard InChI is InChI=1S/C27H29FN2O4S/c1-33-22-14-9-17(16-23(22)34-2)6-5-15-30-27(32)26(35-3)21-8-4-7-20(24(21)29)25(31)18-10-12-19(28)13-11-18/h4,7-14,16,26H,5-6,15,29H2,1-3H3,(H,30,32). The Labute approximate surface area is 209 Å². The molecule has 0 saturated heterocycles. The summed E-state index contributed by atoms with van der Waals surface area (Å²) in [5.41, 5.74) is 8.85. The lowest BCUT2D eigenvalue weighted by Gasteiger charge is -2.18. The second-order valence-corrected chi connectivity index (χ2v) is 8.79. The first-order chi connectivity index (χ1) is 16.9. The van der Waals surface area contributed by atoms with Crippen molar-refractivity contribution in [2.45, 2.75) is 18.1 Å². The number of nitrogens with two attached hydrogens (primary N) is 1. The molecule has 3 rings (SSSR count). The van der Waals surface area contributed by atoms with Crippen molar-refractivity contribution in [2.24, 2.45) is 0 Å². The van der Waals surface area contributed by atoms with Crippen molar-refractivity contribution < 1.29 is 23.5 Å². The number of amides is 1. The number of rotatable bonds is 11. The number of hydrogen-bond donors (Lipinski definition) is 2. The molecule has 8 heteroatoms. The highest BCUT2D eigenvalue weighted by Crippen LogP contribution is 2.34. The van der Waals surface area contributed by atoms with Crippen molar-refractivity contribution >= 4 is 29.1 Å². The normalized spacial score (nSPS) is 11.5. The van der Waals surface area contributed by atoms with Crippen LogP contribution in [0.2, 0.25) is 0 Å². The molecule has 3 N–H and O–H groups in total. The van der Waals surface area contributed by atoms with Gasteiger partial charge < -0.3 is 20.5 Å². The summed E-state index contributed by atoms with van der Waals surface area (Å²) in [6.45, 7) is 0.484. The Balaban J connectivity index is 1.65. The van der Waals surface area contributed by atoms with Crippen LogP contribution >= 0.6 is 11.8 Å². The van der Waals surface area contributed by atoms with Crippen molar-refractivity contribution in [2.75, 3.05) is 32.8 Å². The third kappa shape index (κ3) is 6.33. The van der Waals surface area contributed by atoms with E-state index < -0.39 is 11.1 Å². The Bertz CT molecular complexity index is 1180. The molecule has 0 bridgehead atoms. The van der Waals surface area contributed by atoms with E-state index in [9.17, 15) is 14.0 Å². The number of nitrogens with one attached hydrogen (secondary N) is 1. The van der Waals surface area contributed by atoms with E-state index in [1.807, 2.05) is 24.5 Å². The maximum absolute atomic E-state index is 13.2. The van der Waals surface area contributed by atoms with Crippen LogP contribution in [0.25, 0.3) is 0 Å². The molecule has 0 aliphatic rings. The third-order valence-electron chi connectivity index (χ3n) is 5.64. The first-order valence-corrected chi connectivity index (χ1v) is 12.4. The molecule has 0 fully saturated rings. The summed E-state index contributed by atoms with van der Waals surface area (Å²) < 4.78 is 23.8. The highest BCUT2D eigenvalue weighted by molar-refractivity contribution is 7.99. The lowest BCUT2D eigenvalue weighted by Crippen LogP contribution is -2.29. The van der Waals surface area contributed by atoms with Gasteiger partial charge in [-0.1, -0.05) is 18.2 Å². The molecular formula is C27H29FN2O4S. The summed E-state index contributed by atoms with van der Waals surface area (Å²) in [7, 11) is 3.19. The van der Waals surface area contributed by atoms with Crippen molar-refractivity contribution in [3.05, 3.63) is 88.7 Å². The number of aryl methyl sites for hydroxylation is 1. The van der Waals surface area contributed by atoms with Crippen molar-refractivity contribution in [3.63, 3.8) is 0 Å². The van der Waals surface area contributed by atoms with E-state index >= 15 is 0 Å². The molecule has 0 spiro atoms. The Morgan fingerprint density at radius 2 is 1.74 bits per heavy atom. The van der Waals surface area contributed by atoms with Crippen LogP contribution in [-0.2, 0) is 11.2 Å². The second-order valence-electron chi connectivity index (χ2n) is 7.84. The predicted octanol–water partition coefficient (Wildman–Crippen LogP) is 4.81. The lowest BCUT2D eigenvalue weighted by molar-refractivity contribution is -0.120. The van der Waals surface area contributed by atoms with E-state index in [1.165, 1.54) is 36.0 Å². The van der Waals surface area contributed by atoms with Gasteiger partial charge in [0.15, 0.2) is 17.3 Å². The number of anilines is 1. The zero-order valence-corrected chi connectivity index (χ0v) is 20.8. The van der Waals surface area contributed by atoms with Crippen LogP contribution in [0, 0.1) is 5.82 Å². The van der Waals surface area contributed by atoms with Gasteiger partial charge in [0.05, 0.1) is 14.2 Å². The van der Waals surface area contributed by atoms with E-state index in [-0.39, 0.29) is 22.9 Å². The average molecular weight is 497 g/mol. The number of hydrogen-bond acceptors (Lipinski definition) is 6. The molecule has 1 atom stereocenters. The van der Waals surface area contributed by atoms with Gasteiger partial charge in [0.1, 0.15) is 11.1 Å². The molecular weight excluding hydrogens is 467 g/mol. The van der Waals surface area contributed by atoms with E-state index in [1.54, 1.807) is 32.4 Å². The molecule has 3 aromatic rings. The zero-order valence-electron chi connectivity index (χ0n) is 20.0. The molecule has 184 valence electrons. The van der Waals surface area contributed by atoms with Gasteiger partial charge in [0.25, 0.3) is 0 Å². The fourth-order valence-electron chi connectivity index (χ4n) is 3.77. The SMILES string of the molecule is COc1ccc(CCCNC(=O)C(SC)c2cccc(C(=O)c3ccc(F)cc3)c2N)cc1OC. The van der Waals surface area contributed by atoms with E-state index in [0.717, 1.165) is 18.4 Å². The number of methoxy groups -OCH3 is 2. The third-order valence-corrected chi connectivity index (χ3v) is 6.58. The average Bonchev–Trinajstić information content (AvgIpc) is 2.88. The van der Waals surface area contributed by atoms with Gasteiger partial charge >= 0.3 is 0 Å². The number of ether oxygens (including phenoxy) is 2. The minimum Gasteiger partial charge on any atom is -0.493 e. The summed E-state index contributed by atoms with van der Waals surface area (Å²) >= 11 is 1.34. The minimum atomic E-state index is -0.572. The lowest BCUT2D eigenvalue weighted by atomic mass is 9.97. The first kappa shape index (κ1) is 26.1. The van der Waals surface area contributed by atoms with Crippen LogP contribution in [-0.4, -0.2) is 38.7 Å². The predicted molar refractivity (Wildman–Crippen MR) is 138 cm³/mol. The van der Waals surface area contributed by atoms with Gasteiger partial charge in [-0.2, -0.15) is 0 Å². The molecule has 0 radical (unpaired) electrons. The molecule has 0 heterocycles. The van der Waals surface area contributed by atoms with Gasteiger partial charge in [-0.15, -0.1) is 11.8 Å². The van der Waals surface area contributed by atoms with Crippen LogP contribution in [0.5, 0.6) is 11.5 Å². The zero-order chi connectivity index (χ0) is 25.4. The highest BCUT2D eigenvalue weighted by atomic mass is 32.2. The number of nitrogen functional groups attached to an aromatic ring is 1. The van der Waals surface area contributed by atoms with Crippen molar-refractivity contribution in [1.29, 1.82) is 0 Å². The summed E-state index contributed by atoms with van der Waals surface area (Å²) in [4.78, 5) is 25.9. The summed E-state index contributed by atoms with van der Waals surface area (Å²) in [5.74, 6) is 0.420. The number of halogens is 1. The smallest absolute Gasteiger partial charge is 0.237 e. The largest absolute Gasteiger partial charge is 0.493 e. The second kappa shape index (κ2) is 12.3. The van der Waals surface area contributed by atoms with E-state index in [0.29, 0.717) is 29.2 Å². The van der Waals surface area contributed by atoms with Crippen LogP contribution in [0.15, 0.2) is 60.7 Å². The maximum atomic E-state index is 13.2. The van der Waals surface area contributed by atoms with Gasteiger partial charge in [-0.3, -0.25) is 9.59 Å². The molecule has 0 aliphatic carbocycles. The molecule has 0 aliphatic heterocycles. The van der Waals surface area contributed by atoms with Crippen LogP contribution < -0.4 is 20.5 Å². The molecule has 1 unspecified atom stereocenters. The molecule has 35 heavy (non-hydrogen) atoms.